The number of ether oxygens (including phenoxy) is 1. The van der Waals surface area contributed by atoms with Gasteiger partial charge in [0.05, 0.1) is 0 Å². The molecule has 1 N–H and O–H groups in total. The Labute approximate surface area is 88.6 Å². The minimum Gasteiger partial charge on any atom is -0.504 e. The number of halogens is 2. The van der Waals surface area contributed by atoms with Gasteiger partial charge < -0.3 is 9.84 Å². The van der Waals surface area contributed by atoms with Crippen molar-refractivity contribution in [3.05, 3.63) is 35.3 Å². The monoisotopic (exact) mass is 218 g/mol. The quantitative estimate of drug-likeness (QED) is 0.559. The van der Waals surface area contributed by atoms with Crippen LogP contribution in [0.2, 0.25) is 0 Å². The minimum absolute atomic E-state index is 0.239. The third-order valence-corrected chi connectivity index (χ3v) is 1.63. The molecule has 0 aromatic rings. The maximum Gasteiger partial charge on any atom is 0.387 e. The Kier molecular flexibility index (Phi) is 5.67. The highest BCUT2D eigenvalue weighted by Gasteiger charge is 2.12. The van der Waals surface area contributed by atoms with Gasteiger partial charge in [-0.1, -0.05) is 19.1 Å². The molecular weight excluding hydrogens is 202 g/mol. The summed E-state index contributed by atoms with van der Waals surface area (Å²) in [5, 5.41) is 9.55. The molecule has 0 aliphatic carbocycles. The van der Waals surface area contributed by atoms with Crippen LogP contribution in [0.25, 0.3) is 0 Å². The Hall–Kier alpha value is -1.32. The maximum absolute atomic E-state index is 12.0. The lowest BCUT2D eigenvalue weighted by molar-refractivity contribution is -0.0948. The molecule has 0 aliphatic rings. The summed E-state index contributed by atoms with van der Waals surface area (Å²) in [6.45, 7) is 5.79. The van der Waals surface area contributed by atoms with Gasteiger partial charge >= 0.3 is 6.61 Å². The van der Waals surface area contributed by atoms with Crippen molar-refractivity contribution in [2.24, 2.45) is 0 Å². The fourth-order valence-electron chi connectivity index (χ4n) is 0.858. The fraction of sp³-hybridized carbons (Fsp3) is 0.455. The zero-order chi connectivity index (χ0) is 12.0. The average Bonchev–Trinajstić information content (AvgIpc) is 2.13. The lowest BCUT2D eigenvalue weighted by Crippen LogP contribution is -2.02. The largest absolute Gasteiger partial charge is 0.504 e. The number of aliphatic hydroxyl groups excluding tert-OH is 1. The molecule has 0 radical (unpaired) electrons. The van der Waals surface area contributed by atoms with Crippen LogP contribution in [0.4, 0.5) is 8.78 Å². The zero-order valence-corrected chi connectivity index (χ0v) is 9.18. The van der Waals surface area contributed by atoms with Gasteiger partial charge in [0.25, 0.3) is 0 Å². The van der Waals surface area contributed by atoms with Gasteiger partial charge in [-0.25, -0.2) is 0 Å². The lowest BCUT2D eigenvalue weighted by Gasteiger charge is -2.10. The summed E-state index contributed by atoms with van der Waals surface area (Å²) in [7, 11) is 0. The van der Waals surface area contributed by atoms with Gasteiger partial charge in [-0.2, -0.15) is 8.78 Å². The molecule has 0 spiro atoms. The molecule has 0 unspecified atom stereocenters. The lowest BCUT2D eigenvalue weighted by atomic mass is 10.1. The second-order valence-electron chi connectivity index (χ2n) is 3.27. The van der Waals surface area contributed by atoms with Gasteiger partial charge in [0, 0.05) is 0 Å². The van der Waals surface area contributed by atoms with Crippen LogP contribution >= 0.6 is 0 Å². The number of rotatable bonds is 5. The van der Waals surface area contributed by atoms with E-state index in [0.29, 0.717) is 12.0 Å². The van der Waals surface area contributed by atoms with Gasteiger partial charge in [-0.05, 0) is 31.9 Å². The second kappa shape index (κ2) is 6.22. The summed E-state index contributed by atoms with van der Waals surface area (Å²) in [5.74, 6) is -0.559. The van der Waals surface area contributed by atoms with E-state index in [9.17, 15) is 13.9 Å². The first-order valence-corrected chi connectivity index (χ1v) is 4.59. The molecule has 15 heavy (non-hydrogen) atoms. The molecule has 0 aliphatic heterocycles. The third-order valence-electron chi connectivity index (χ3n) is 1.63. The van der Waals surface area contributed by atoms with Crippen molar-refractivity contribution < 1.29 is 18.6 Å². The molecule has 86 valence electrons. The molecule has 0 heterocycles. The Morgan fingerprint density at radius 1 is 1.47 bits per heavy atom. The van der Waals surface area contributed by atoms with Crippen molar-refractivity contribution in [1.82, 2.24) is 0 Å². The van der Waals surface area contributed by atoms with E-state index >= 15 is 0 Å². The minimum atomic E-state index is -2.96. The number of hydrogen-bond donors (Lipinski definition) is 1. The Morgan fingerprint density at radius 3 is 2.33 bits per heavy atom. The topological polar surface area (TPSA) is 29.5 Å². The van der Waals surface area contributed by atoms with Crippen LogP contribution in [0.1, 0.15) is 27.2 Å². The maximum atomic E-state index is 12.0. The van der Waals surface area contributed by atoms with E-state index in [0.717, 1.165) is 5.57 Å². The van der Waals surface area contributed by atoms with Gasteiger partial charge in [0.15, 0.2) is 11.5 Å². The van der Waals surface area contributed by atoms with Crippen LogP contribution in [0.5, 0.6) is 0 Å². The summed E-state index contributed by atoms with van der Waals surface area (Å²) < 4.78 is 28.3. The highest BCUT2D eigenvalue weighted by molar-refractivity contribution is 5.31. The summed E-state index contributed by atoms with van der Waals surface area (Å²) in [4.78, 5) is 0. The van der Waals surface area contributed by atoms with Crippen LogP contribution in [-0.2, 0) is 4.74 Å². The van der Waals surface area contributed by atoms with Gasteiger partial charge in [0.1, 0.15) is 0 Å². The van der Waals surface area contributed by atoms with Gasteiger partial charge in [-0.15, -0.1) is 0 Å². The summed E-state index contributed by atoms with van der Waals surface area (Å²) in [6.07, 6.45) is 1.82. The Bertz CT molecular complexity index is 287. The molecule has 0 amide bonds. The SMILES string of the molecule is C=C(CC)/C(O)=C(\C=C(C)C)OC(F)F. The molecule has 0 bridgehead atoms. The van der Waals surface area contributed by atoms with E-state index in [1.54, 1.807) is 20.8 Å². The standard InChI is InChI=1S/C11H16F2O2/c1-5-8(4)10(14)9(6-7(2)3)15-11(12)13/h6,11,14H,4-5H2,1-3H3/b10-9-. The van der Waals surface area contributed by atoms with Crippen molar-refractivity contribution in [2.45, 2.75) is 33.8 Å². The van der Waals surface area contributed by atoms with E-state index in [4.69, 9.17) is 0 Å². The first kappa shape index (κ1) is 13.7. The van der Waals surface area contributed by atoms with Crippen LogP contribution in [0.3, 0.4) is 0 Å². The van der Waals surface area contributed by atoms with E-state index in [1.807, 2.05) is 0 Å². The molecule has 0 aromatic heterocycles. The van der Waals surface area contributed by atoms with Gasteiger partial charge in [-0.3, -0.25) is 0 Å². The molecule has 4 heteroatoms. The summed E-state index contributed by atoms with van der Waals surface area (Å²) in [5.41, 5.74) is 1.12. The molecule has 0 saturated carbocycles. The Morgan fingerprint density at radius 2 is 2.00 bits per heavy atom. The molecule has 2 nitrogen and oxygen atoms in total. The summed E-state index contributed by atoms with van der Waals surface area (Å²) >= 11 is 0. The molecule has 0 atom stereocenters. The predicted molar refractivity (Wildman–Crippen MR) is 55.6 cm³/mol. The number of hydrogen-bond acceptors (Lipinski definition) is 2. The molecule has 0 saturated heterocycles. The van der Waals surface area contributed by atoms with Crippen molar-refractivity contribution in [1.29, 1.82) is 0 Å². The van der Waals surface area contributed by atoms with Crippen LogP contribution in [-0.4, -0.2) is 11.7 Å². The van der Waals surface area contributed by atoms with Crippen LogP contribution in [0.15, 0.2) is 35.3 Å². The third kappa shape index (κ3) is 5.20. The summed E-state index contributed by atoms with van der Waals surface area (Å²) in [6, 6.07) is 0. The smallest absolute Gasteiger partial charge is 0.387 e. The van der Waals surface area contributed by atoms with Crippen LogP contribution < -0.4 is 0 Å². The molecule has 0 rings (SSSR count). The number of alkyl halides is 2. The normalized spacial score (nSPS) is 12.1. The molecular formula is C11H16F2O2. The van der Waals surface area contributed by atoms with E-state index in [1.165, 1.54) is 6.08 Å². The van der Waals surface area contributed by atoms with Crippen LogP contribution in [0, 0.1) is 0 Å². The molecule has 0 aromatic carbocycles. The number of allylic oxidation sites excluding steroid dienone is 3. The van der Waals surface area contributed by atoms with Crippen molar-refractivity contribution in [2.75, 3.05) is 0 Å². The first-order chi connectivity index (χ1) is 6.88. The predicted octanol–water partition coefficient (Wildman–Crippen LogP) is 3.93. The van der Waals surface area contributed by atoms with E-state index in [2.05, 4.69) is 11.3 Å². The van der Waals surface area contributed by atoms with Crippen molar-refractivity contribution >= 4 is 0 Å². The first-order valence-electron chi connectivity index (χ1n) is 4.59. The average molecular weight is 218 g/mol. The van der Waals surface area contributed by atoms with Crippen molar-refractivity contribution in [3.8, 4) is 0 Å². The highest BCUT2D eigenvalue weighted by Crippen LogP contribution is 2.19. The van der Waals surface area contributed by atoms with E-state index in [-0.39, 0.29) is 11.5 Å². The van der Waals surface area contributed by atoms with Crippen molar-refractivity contribution in [3.63, 3.8) is 0 Å². The molecule has 0 fully saturated rings. The highest BCUT2D eigenvalue weighted by atomic mass is 19.3. The van der Waals surface area contributed by atoms with E-state index < -0.39 is 6.61 Å². The second-order valence-corrected chi connectivity index (χ2v) is 3.27. The fourth-order valence-corrected chi connectivity index (χ4v) is 0.858. The number of aliphatic hydroxyl groups is 1. The van der Waals surface area contributed by atoms with Gasteiger partial charge in [0.2, 0.25) is 0 Å². The zero-order valence-electron chi connectivity index (χ0n) is 9.18. The Balaban J connectivity index is 5.06.